The third-order valence-electron chi connectivity index (χ3n) is 5.75. The molecule has 2 aliphatic rings. The molecule has 2 aromatic rings. The van der Waals surface area contributed by atoms with Crippen molar-refractivity contribution in [3.8, 4) is 0 Å². The summed E-state index contributed by atoms with van der Waals surface area (Å²) in [6.45, 7) is 6.74. The summed E-state index contributed by atoms with van der Waals surface area (Å²) in [5.41, 5.74) is 2.43. The van der Waals surface area contributed by atoms with Gasteiger partial charge in [-0.25, -0.2) is 9.18 Å². The minimum atomic E-state index is -0.774. The van der Waals surface area contributed by atoms with E-state index in [-0.39, 0.29) is 30.9 Å². The van der Waals surface area contributed by atoms with Crippen molar-refractivity contribution in [3.05, 3.63) is 71.0 Å². The highest BCUT2D eigenvalue weighted by Gasteiger charge is 2.39. The Kier molecular flexibility index (Phi) is 6.20. The minimum Gasteiger partial charge on any atom is -0.444 e. The number of fused-ring (bicyclic) bond motifs is 1. The topological polar surface area (TPSA) is 59.1 Å². The Balaban J connectivity index is 1.59. The van der Waals surface area contributed by atoms with Crippen molar-refractivity contribution < 1.29 is 23.5 Å². The van der Waals surface area contributed by atoms with Crippen LogP contribution in [0.1, 0.15) is 43.5 Å². The summed E-state index contributed by atoms with van der Waals surface area (Å²) in [5, 5.41) is 0. The SMILES string of the molecule is CC(C)(C)OC(=O)N1CCOC(C(=O)N2CCc3ccccc3[C@@H]2c2ccc(F)cc2)C1. The first kappa shape index (κ1) is 22.3. The van der Waals surface area contributed by atoms with E-state index in [0.717, 1.165) is 17.5 Å². The molecule has 2 aliphatic heterocycles. The predicted molar refractivity (Wildman–Crippen MR) is 118 cm³/mol. The molecule has 4 rings (SSSR count). The van der Waals surface area contributed by atoms with Crippen molar-refractivity contribution in [1.29, 1.82) is 0 Å². The fourth-order valence-corrected chi connectivity index (χ4v) is 4.28. The quantitative estimate of drug-likeness (QED) is 0.710. The molecule has 2 aromatic carbocycles. The van der Waals surface area contributed by atoms with Gasteiger partial charge in [0.15, 0.2) is 6.10 Å². The maximum Gasteiger partial charge on any atom is 0.410 e. The number of amides is 2. The average Bonchev–Trinajstić information content (AvgIpc) is 2.77. The number of hydrogen-bond donors (Lipinski definition) is 0. The van der Waals surface area contributed by atoms with E-state index in [1.54, 1.807) is 17.0 Å². The van der Waals surface area contributed by atoms with E-state index in [0.29, 0.717) is 13.1 Å². The number of carbonyl (C=O) groups excluding carboxylic acids is 2. The van der Waals surface area contributed by atoms with E-state index in [1.165, 1.54) is 22.6 Å². The van der Waals surface area contributed by atoms with E-state index in [2.05, 4.69) is 6.07 Å². The van der Waals surface area contributed by atoms with E-state index in [4.69, 9.17) is 9.47 Å². The van der Waals surface area contributed by atoms with Crippen LogP contribution in [-0.2, 0) is 20.7 Å². The molecule has 1 saturated heterocycles. The second-order valence-electron chi connectivity index (χ2n) is 9.22. The van der Waals surface area contributed by atoms with Gasteiger partial charge in [-0.3, -0.25) is 4.79 Å². The third-order valence-corrected chi connectivity index (χ3v) is 5.75. The molecule has 1 unspecified atom stereocenters. The van der Waals surface area contributed by atoms with Gasteiger partial charge in [-0.1, -0.05) is 36.4 Å². The van der Waals surface area contributed by atoms with Gasteiger partial charge in [0.2, 0.25) is 0 Å². The Morgan fingerprint density at radius 3 is 2.50 bits per heavy atom. The summed E-state index contributed by atoms with van der Waals surface area (Å²) in [4.78, 5) is 29.5. The lowest BCUT2D eigenvalue weighted by molar-refractivity contribution is -0.151. The zero-order valence-corrected chi connectivity index (χ0v) is 18.7. The van der Waals surface area contributed by atoms with E-state index < -0.39 is 17.8 Å². The van der Waals surface area contributed by atoms with Crippen LogP contribution in [0, 0.1) is 5.82 Å². The molecule has 2 heterocycles. The van der Waals surface area contributed by atoms with Crippen molar-refractivity contribution in [1.82, 2.24) is 9.80 Å². The summed E-state index contributed by atoms with van der Waals surface area (Å²) in [6, 6.07) is 13.9. The summed E-state index contributed by atoms with van der Waals surface area (Å²) < 4.78 is 24.8. The highest BCUT2D eigenvalue weighted by Crippen LogP contribution is 2.36. The molecular weight excluding hydrogens is 411 g/mol. The number of halogens is 1. The van der Waals surface area contributed by atoms with Gasteiger partial charge >= 0.3 is 6.09 Å². The van der Waals surface area contributed by atoms with Crippen LogP contribution in [-0.4, -0.2) is 59.7 Å². The maximum absolute atomic E-state index is 13.6. The van der Waals surface area contributed by atoms with Crippen LogP contribution in [0.25, 0.3) is 0 Å². The molecule has 0 aromatic heterocycles. The number of hydrogen-bond acceptors (Lipinski definition) is 4. The molecule has 7 heteroatoms. The second-order valence-corrected chi connectivity index (χ2v) is 9.22. The smallest absolute Gasteiger partial charge is 0.410 e. The Morgan fingerprint density at radius 2 is 1.78 bits per heavy atom. The van der Waals surface area contributed by atoms with Crippen LogP contribution in [0.3, 0.4) is 0 Å². The van der Waals surface area contributed by atoms with Gasteiger partial charge in [-0.2, -0.15) is 0 Å². The highest BCUT2D eigenvalue weighted by atomic mass is 19.1. The van der Waals surface area contributed by atoms with E-state index in [9.17, 15) is 14.0 Å². The molecule has 0 radical (unpaired) electrons. The molecule has 6 nitrogen and oxygen atoms in total. The lowest BCUT2D eigenvalue weighted by atomic mass is 9.88. The fraction of sp³-hybridized carbons (Fsp3) is 0.440. The first-order valence-electron chi connectivity index (χ1n) is 11.0. The Bertz CT molecular complexity index is 986. The van der Waals surface area contributed by atoms with Gasteiger partial charge in [0.25, 0.3) is 5.91 Å². The monoisotopic (exact) mass is 440 g/mol. The van der Waals surface area contributed by atoms with Crippen molar-refractivity contribution in [2.75, 3.05) is 26.2 Å². The van der Waals surface area contributed by atoms with Gasteiger partial charge in [0, 0.05) is 13.1 Å². The van der Waals surface area contributed by atoms with Gasteiger partial charge in [-0.05, 0) is 56.0 Å². The largest absolute Gasteiger partial charge is 0.444 e. The lowest BCUT2D eigenvalue weighted by Gasteiger charge is -2.41. The first-order chi connectivity index (χ1) is 15.2. The van der Waals surface area contributed by atoms with E-state index >= 15 is 0 Å². The van der Waals surface area contributed by atoms with Crippen LogP contribution in [0.15, 0.2) is 48.5 Å². The van der Waals surface area contributed by atoms with Gasteiger partial charge in [0.1, 0.15) is 11.4 Å². The van der Waals surface area contributed by atoms with Crippen molar-refractivity contribution >= 4 is 12.0 Å². The van der Waals surface area contributed by atoms with Crippen LogP contribution in [0.4, 0.5) is 9.18 Å². The Morgan fingerprint density at radius 1 is 1.06 bits per heavy atom. The second kappa shape index (κ2) is 8.90. The summed E-state index contributed by atoms with van der Waals surface area (Å²) in [7, 11) is 0. The highest BCUT2D eigenvalue weighted by molar-refractivity contribution is 5.83. The van der Waals surface area contributed by atoms with Crippen LogP contribution in [0.2, 0.25) is 0 Å². The molecule has 0 spiro atoms. The summed E-state index contributed by atoms with van der Waals surface area (Å²) >= 11 is 0. The molecule has 2 atom stereocenters. The van der Waals surface area contributed by atoms with Gasteiger partial charge in [0.05, 0.1) is 19.2 Å². The standard InChI is InChI=1S/C25H29FN2O4/c1-25(2,3)32-24(30)27-14-15-31-21(16-27)23(29)28-13-12-17-6-4-5-7-20(17)22(28)18-8-10-19(26)11-9-18/h4-11,21-22H,12-16H2,1-3H3/t21?,22-/m0/s1. The lowest BCUT2D eigenvalue weighted by Crippen LogP contribution is -2.54. The summed E-state index contributed by atoms with van der Waals surface area (Å²) in [5.74, 6) is -0.499. The van der Waals surface area contributed by atoms with Crippen LogP contribution >= 0.6 is 0 Å². The number of nitrogens with zero attached hydrogens (tertiary/aromatic N) is 2. The third kappa shape index (κ3) is 4.78. The Labute approximate surface area is 187 Å². The van der Waals surface area contributed by atoms with Gasteiger partial charge < -0.3 is 19.3 Å². The van der Waals surface area contributed by atoms with E-state index in [1.807, 2.05) is 39.0 Å². The first-order valence-corrected chi connectivity index (χ1v) is 11.0. The number of benzene rings is 2. The zero-order valence-electron chi connectivity index (χ0n) is 18.7. The average molecular weight is 441 g/mol. The van der Waals surface area contributed by atoms with Crippen molar-refractivity contribution in [3.63, 3.8) is 0 Å². The van der Waals surface area contributed by atoms with Crippen molar-refractivity contribution in [2.24, 2.45) is 0 Å². The molecule has 2 amide bonds. The predicted octanol–water partition coefficient (Wildman–Crippen LogP) is 3.94. The normalized spacial score (nSPS) is 21.1. The minimum absolute atomic E-state index is 0.141. The summed E-state index contributed by atoms with van der Waals surface area (Å²) in [6.07, 6.45) is -0.496. The number of rotatable bonds is 2. The molecular formula is C25H29FN2O4. The molecule has 0 saturated carbocycles. The molecule has 170 valence electrons. The van der Waals surface area contributed by atoms with Crippen LogP contribution in [0.5, 0.6) is 0 Å². The zero-order chi connectivity index (χ0) is 22.9. The maximum atomic E-state index is 13.6. The number of ether oxygens (including phenoxy) is 2. The molecule has 0 aliphatic carbocycles. The van der Waals surface area contributed by atoms with Gasteiger partial charge in [-0.15, -0.1) is 0 Å². The molecule has 0 bridgehead atoms. The van der Waals surface area contributed by atoms with Crippen LogP contribution < -0.4 is 0 Å². The fourth-order valence-electron chi connectivity index (χ4n) is 4.28. The Hall–Kier alpha value is -2.93. The van der Waals surface area contributed by atoms with Crippen molar-refractivity contribution in [2.45, 2.75) is 44.9 Å². The molecule has 32 heavy (non-hydrogen) atoms. The molecule has 1 fully saturated rings. The number of morpholine rings is 1. The number of carbonyl (C=O) groups is 2. The molecule has 0 N–H and O–H groups in total.